The Kier molecular flexibility index (Phi) is 4.46. The lowest BCUT2D eigenvalue weighted by Gasteiger charge is -2.11. The molecule has 0 spiro atoms. The zero-order valence-electron chi connectivity index (χ0n) is 10.3. The molecule has 0 radical (unpaired) electrons. The average molecular weight is 432 g/mol. The number of alkyl halides is 1. The Hall–Kier alpha value is -0.420. The summed E-state index contributed by atoms with van der Waals surface area (Å²) in [7, 11) is 0. The first-order valence-electron chi connectivity index (χ1n) is 6.07. The third kappa shape index (κ3) is 3.08. The molecule has 0 saturated heterocycles. The summed E-state index contributed by atoms with van der Waals surface area (Å²) in [4.78, 5) is 4.82. The van der Waals surface area contributed by atoms with Crippen LogP contribution in [0.25, 0.3) is 10.2 Å². The molecular weight excluding hydrogens is 422 g/mol. The molecule has 1 unspecified atom stereocenters. The van der Waals surface area contributed by atoms with Crippen molar-refractivity contribution in [3.8, 4) is 0 Å². The van der Waals surface area contributed by atoms with E-state index in [2.05, 4.69) is 49.0 Å². The number of hydrogen-bond acceptors (Lipinski definition) is 2. The van der Waals surface area contributed by atoms with Crippen LogP contribution in [0.2, 0.25) is 5.02 Å². The third-order valence-corrected chi connectivity index (χ3v) is 5.70. The Morgan fingerprint density at radius 3 is 2.80 bits per heavy atom. The van der Waals surface area contributed by atoms with Gasteiger partial charge in [0.15, 0.2) is 0 Å². The van der Waals surface area contributed by atoms with E-state index in [0.29, 0.717) is 0 Å². The van der Waals surface area contributed by atoms with E-state index in [1.807, 2.05) is 30.3 Å². The monoisotopic (exact) mass is 429 g/mol. The van der Waals surface area contributed by atoms with E-state index in [9.17, 15) is 0 Å². The maximum atomic E-state index is 6.27. The lowest BCUT2D eigenvalue weighted by Crippen LogP contribution is -1.96. The zero-order chi connectivity index (χ0) is 14.1. The van der Waals surface area contributed by atoms with Crippen LogP contribution in [0.15, 0.2) is 46.9 Å². The first kappa shape index (κ1) is 14.5. The van der Waals surface area contributed by atoms with Gasteiger partial charge in [-0.15, -0.1) is 11.3 Å². The Bertz CT molecular complexity index is 723. The van der Waals surface area contributed by atoms with Crippen LogP contribution in [0.4, 0.5) is 0 Å². The molecule has 0 bridgehead atoms. The van der Waals surface area contributed by atoms with Gasteiger partial charge in [-0.3, -0.25) is 0 Å². The molecule has 20 heavy (non-hydrogen) atoms. The summed E-state index contributed by atoms with van der Waals surface area (Å²) in [6.45, 7) is 0. The quantitative estimate of drug-likeness (QED) is 0.438. The summed E-state index contributed by atoms with van der Waals surface area (Å²) < 4.78 is 2.26. The van der Waals surface area contributed by atoms with E-state index in [1.165, 1.54) is 4.70 Å². The Labute approximate surface area is 143 Å². The molecule has 0 amide bonds. The molecule has 3 aromatic rings. The molecule has 1 nitrogen and oxygen atoms in total. The molecule has 0 aliphatic rings. The molecule has 0 saturated carbocycles. The number of hydrogen-bond donors (Lipinski definition) is 0. The van der Waals surface area contributed by atoms with Crippen LogP contribution in [0, 0.1) is 0 Å². The smallest absolute Gasteiger partial charge is 0.0953 e. The fourth-order valence-electron chi connectivity index (χ4n) is 2.03. The van der Waals surface area contributed by atoms with Crippen molar-refractivity contribution >= 4 is 65.0 Å². The highest BCUT2D eigenvalue weighted by Gasteiger charge is 2.15. The summed E-state index contributed by atoms with van der Waals surface area (Å²) in [5.74, 6) is 0. The minimum Gasteiger partial charge on any atom is -0.241 e. The number of para-hydroxylation sites is 1. The Balaban J connectivity index is 1.88. The van der Waals surface area contributed by atoms with Crippen molar-refractivity contribution in [1.29, 1.82) is 0 Å². The Morgan fingerprint density at radius 1 is 1.20 bits per heavy atom. The molecule has 0 fully saturated rings. The molecular formula is C15H10Br2ClNS. The molecule has 102 valence electrons. The highest BCUT2D eigenvalue weighted by molar-refractivity contribution is 9.10. The Morgan fingerprint density at radius 2 is 2.00 bits per heavy atom. The van der Waals surface area contributed by atoms with Gasteiger partial charge in [0, 0.05) is 20.7 Å². The van der Waals surface area contributed by atoms with Crippen molar-refractivity contribution in [3.63, 3.8) is 0 Å². The second kappa shape index (κ2) is 6.14. The van der Waals surface area contributed by atoms with Gasteiger partial charge >= 0.3 is 0 Å². The van der Waals surface area contributed by atoms with Gasteiger partial charge < -0.3 is 0 Å². The van der Waals surface area contributed by atoms with Gasteiger partial charge in [-0.05, 0) is 35.9 Å². The average Bonchev–Trinajstić information content (AvgIpc) is 2.83. The van der Waals surface area contributed by atoms with Crippen molar-refractivity contribution in [2.24, 2.45) is 0 Å². The summed E-state index contributed by atoms with van der Waals surface area (Å²) in [5, 5.41) is 1.89. The maximum Gasteiger partial charge on any atom is 0.0953 e. The van der Waals surface area contributed by atoms with Gasteiger partial charge in [0.1, 0.15) is 0 Å². The second-order valence-electron chi connectivity index (χ2n) is 4.41. The van der Waals surface area contributed by atoms with E-state index in [1.54, 1.807) is 11.3 Å². The van der Waals surface area contributed by atoms with Crippen LogP contribution in [0.3, 0.4) is 0 Å². The van der Waals surface area contributed by atoms with Gasteiger partial charge in [0.2, 0.25) is 0 Å². The predicted molar refractivity (Wildman–Crippen MR) is 94.1 cm³/mol. The SMILES string of the molecule is Clc1ccc(Br)cc1C(Br)Cc1nc2ccccc2s1. The summed E-state index contributed by atoms with van der Waals surface area (Å²) in [5.41, 5.74) is 2.15. The van der Waals surface area contributed by atoms with Gasteiger partial charge in [-0.2, -0.15) is 0 Å². The molecule has 2 aromatic carbocycles. The van der Waals surface area contributed by atoms with Crippen LogP contribution in [0.5, 0.6) is 0 Å². The summed E-state index contributed by atoms with van der Waals surface area (Å²) in [6.07, 6.45) is 0.829. The predicted octanol–water partition coefficient (Wildman–Crippen LogP) is 6.39. The first-order chi connectivity index (χ1) is 9.63. The molecule has 1 heterocycles. The molecule has 0 aliphatic heterocycles. The number of aromatic nitrogens is 1. The first-order valence-corrected chi connectivity index (χ1v) is 8.97. The van der Waals surface area contributed by atoms with E-state index in [-0.39, 0.29) is 4.83 Å². The summed E-state index contributed by atoms with van der Waals surface area (Å²) >= 11 is 15.2. The fourth-order valence-corrected chi connectivity index (χ4v) is 4.70. The minimum atomic E-state index is 0.160. The lowest BCUT2D eigenvalue weighted by atomic mass is 10.1. The molecule has 1 atom stereocenters. The van der Waals surface area contributed by atoms with Gasteiger partial charge in [-0.1, -0.05) is 55.6 Å². The standard InChI is InChI=1S/C15H10Br2ClNS/c16-9-5-6-12(18)10(7-9)11(17)8-15-19-13-3-1-2-4-14(13)20-15/h1-7,11H,8H2. The van der Waals surface area contributed by atoms with E-state index < -0.39 is 0 Å². The van der Waals surface area contributed by atoms with Crippen LogP contribution in [-0.2, 0) is 6.42 Å². The number of nitrogens with zero attached hydrogens (tertiary/aromatic N) is 1. The van der Waals surface area contributed by atoms with Crippen LogP contribution in [0.1, 0.15) is 15.4 Å². The normalized spacial score (nSPS) is 12.8. The highest BCUT2D eigenvalue weighted by atomic mass is 79.9. The topological polar surface area (TPSA) is 12.9 Å². The second-order valence-corrected chi connectivity index (χ2v) is 7.96. The number of halogens is 3. The molecule has 3 rings (SSSR count). The van der Waals surface area contributed by atoms with Crippen molar-refractivity contribution in [1.82, 2.24) is 4.98 Å². The molecule has 0 aliphatic carbocycles. The zero-order valence-corrected chi connectivity index (χ0v) is 15.1. The van der Waals surface area contributed by atoms with Crippen molar-refractivity contribution < 1.29 is 0 Å². The van der Waals surface area contributed by atoms with Crippen molar-refractivity contribution in [3.05, 3.63) is 62.5 Å². The molecule has 1 aromatic heterocycles. The lowest BCUT2D eigenvalue weighted by molar-refractivity contribution is 0.938. The number of benzene rings is 2. The van der Waals surface area contributed by atoms with Crippen molar-refractivity contribution in [2.45, 2.75) is 11.2 Å². The highest BCUT2D eigenvalue weighted by Crippen LogP contribution is 2.35. The van der Waals surface area contributed by atoms with Crippen LogP contribution >= 0.6 is 54.8 Å². The maximum absolute atomic E-state index is 6.27. The fraction of sp³-hybridized carbons (Fsp3) is 0.133. The largest absolute Gasteiger partial charge is 0.241 e. The number of rotatable bonds is 3. The summed E-state index contributed by atoms with van der Waals surface area (Å²) in [6, 6.07) is 14.1. The van der Waals surface area contributed by atoms with Gasteiger partial charge in [-0.25, -0.2) is 4.98 Å². The van der Waals surface area contributed by atoms with Crippen LogP contribution in [-0.4, -0.2) is 4.98 Å². The molecule has 5 heteroatoms. The van der Waals surface area contributed by atoms with Crippen molar-refractivity contribution in [2.75, 3.05) is 0 Å². The van der Waals surface area contributed by atoms with Gasteiger partial charge in [0.05, 0.1) is 15.2 Å². The van der Waals surface area contributed by atoms with E-state index in [0.717, 1.165) is 32.0 Å². The molecule has 0 N–H and O–H groups in total. The third-order valence-electron chi connectivity index (χ3n) is 2.99. The van der Waals surface area contributed by atoms with E-state index >= 15 is 0 Å². The number of thiazole rings is 1. The van der Waals surface area contributed by atoms with E-state index in [4.69, 9.17) is 11.6 Å². The van der Waals surface area contributed by atoms with Gasteiger partial charge in [0.25, 0.3) is 0 Å². The van der Waals surface area contributed by atoms with Crippen LogP contribution < -0.4 is 0 Å². The minimum absolute atomic E-state index is 0.160. The number of fused-ring (bicyclic) bond motifs is 1.